The molecule has 0 aliphatic heterocycles. The molecular formula is C18H18FN5O2. The van der Waals surface area contributed by atoms with Gasteiger partial charge in [-0.15, -0.1) is 5.10 Å². The van der Waals surface area contributed by atoms with Crippen molar-refractivity contribution in [3.05, 3.63) is 65.7 Å². The molecule has 0 radical (unpaired) electrons. The van der Waals surface area contributed by atoms with Crippen molar-refractivity contribution in [2.75, 3.05) is 20.2 Å². The van der Waals surface area contributed by atoms with Crippen LogP contribution in [0.1, 0.15) is 15.9 Å². The van der Waals surface area contributed by atoms with E-state index in [0.29, 0.717) is 12.1 Å². The van der Waals surface area contributed by atoms with Gasteiger partial charge in [0.2, 0.25) is 0 Å². The summed E-state index contributed by atoms with van der Waals surface area (Å²) in [7, 11) is 1.68. The zero-order valence-electron chi connectivity index (χ0n) is 14.5. The molecule has 26 heavy (non-hydrogen) atoms. The number of nitrogens with zero attached hydrogens (tertiary/aromatic N) is 5. The molecule has 3 rings (SSSR count). The molecule has 3 aromatic rings. The van der Waals surface area contributed by atoms with Gasteiger partial charge < -0.3 is 9.64 Å². The Balaban J connectivity index is 1.61. The Morgan fingerprint density at radius 1 is 1.27 bits per heavy atom. The number of aryl methyl sites for hydroxylation is 1. The third-order valence-electron chi connectivity index (χ3n) is 3.91. The van der Waals surface area contributed by atoms with Crippen molar-refractivity contribution in [2.45, 2.75) is 6.92 Å². The normalized spacial score (nSPS) is 10.6. The average molecular weight is 355 g/mol. The summed E-state index contributed by atoms with van der Waals surface area (Å²) in [6.07, 6.45) is 1.50. The van der Waals surface area contributed by atoms with E-state index in [-0.39, 0.29) is 18.3 Å². The molecule has 1 amide bonds. The quantitative estimate of drug-likeness (QED) is 0.678. The van der Waals surface area contributed by atoms with Gasteiger partial charge in [0, 0.05) is 12.6 Å². The molecule has 1 aromatic heterocycles. The maximum absolute atomic E-state index is 13.5. The van der Waals surface area contributed by atoms with Crippen LogP contribution in [0.4, 0.5) is 4.39 Å². The monoisotopic (exact) mass is 355 g/mol. The van der Waals surface area contributed by atoms with Crippen LogP contribution < -0.4 is 4.74 Å². The lowest BCUT2D eigenvalue weighted by Gasteiger charge is -2.18. The lowest BCUT2D eigenvalue weighted by molar-refractivity contribution is 0.0773. The van der Waals surface area contributed by atoms with Crippen LogP contribution in [0.5, 0.6) is 5.75 Å². The molecule has 0 N–H and O–H groups in total. The van der Waals surface area contributed by atoms with E-state index in [9.17, 15) is 9.18 Å². The van der Waals surface area contributed by atoms with Gasteiger partial charge in [0.1, 0.15) is 12.9 Å². The van der Waals surface area contributed by atoms with Crippen molar-refractivity contribution in [3.8, 4) is 11.4 Å². The maximum atomic E-state index is 13.5. The number of halogens is 1. The summed E-state index contributed by atoms with van der Waals surface area (Å²) in [4.78, 5) is 14.1. The van der Waals surface area contributed by atoms with E-state index in [2.05, 4.69) is 15.5 Å². The minimum absolute atomic E-state index is 0.145. The fourth-order valence-corrected chi connectivity index (χ4v) is 2.49. The number of hydrogen-bond donors (Lipinski definition) is 0. The van der Waals surface area contributed by atoms with E-state index in [0.717, 1.165) is 11.3 Å². The molecule has 0 aliphatic carbocycles. The first-order valence-corrected chi connectivity index (χ1v) is 8.03. The SMILES string of the molecule is Cc1cc(C(=O)N(C)CCOc2ccccc2F)ccc1-n1cnnn1. The van der Waals surface area contributed by atoms with Crippen molar-refractivity contribution >= 4 is 5.91 Å². The summed E-state index contributed by atoms with van der Waals surface area (Å²) in [6.45, 7) is 2.42. The smallest absolute Gasteiger partial charge is 0.253 e. The van der Waals surface area contributed by atoms with Crippen LogP contribution in [0.15, 0.2) is 48.8 Å². The molecule has 0 unspecified atom stereocenters. The first-order valence-electron chi connectivity index (χ1n) is 8.03. The van der Waals surface area contributed by atoms with Crippen LogP contribution in [-0.4, -0.2) is 51.2 Å². The third kappa shape index (κ3) is 3.85. The number of carbonyl (C=O) groups is 1. The second-order valence-electron chi connectivity index (χ2n) is 5.76. The molecule has 0 bridgehead atoms. The Morgan fingerprint density at radius 2 is 2.08 bits per heavy atom. The van der Waals surface area contributed by atoms with Crippen LogP contribution in [-0.2, 0) is 0 Å². The van der Waals surface area contributed by atoms with Crippen LogP contribution in [0.2, 0.25) is 0 Å². The highest BCUT2D eigenvalue weighted by atomic mass is 19.1. The highest BCUT2D eigenvalue weighted by Crippen LogP contribution is 2.17. The van der Waals surface area contributed by atoms with Crippen molar-refractivity contribution in [3.63, 3.8) is 0 Å². The second kappa shape index (κ2) is 7.73. The number of likely N-dealkylation sites (N-methyl/N-ethyl adjacent to an activating group) is 1. The summed E-state index contributed by atoms with van der Waals surface area (Å²) >= 11 is 0. The van der Waals surface area contributed by atoms with Gasteiger partial charge in [-0.05, 0) is 53.2 Å². The zero-order chi connectivity index (χ0) is 18.5. The Bertz CT molecular complexity index is 898. The van der Waals surface area contributed by atoms with Crippen molar-refractivity contribution in [2.24, 2.45) is 0 Å². The van der Waals surface area contributed by atoms with E-state index < -0.39 is 5.82 Å². The fourth-order valence-electron chi connectivity index (χ4n) is 2.49. The Hall–Kier alpha value is -3.29. The number of hydrogen-bond acceptors (Lipinski definition) is 5. The van der Waals surface area contributed by atoms with Gasteiger partial charge in [0.15, 0.2) is 11.6 Å². The number of tetrazole rings is 1. The molecular weight excluding hydrogens is 337 g/mol. The van der Waals surface area contributed by atoms with Gasteiger partial charge in [0.05, 0.1) is 12.2 Å². The lowest BCUT2D eigenvalue weighted by Crippen LogP contribution is -2.31. The highest BCUT2D eigenvalue weighted by Gasteiger charge is 2.14. The topological polar surface area (TPSA) is 73.1 Å². The molecule has 1 heterocycles. The van der Waals surface area contributed by atoms with Gasteiger partial charge in [-0.3, -0.25) is 4.79 Å². The molecule has 7 nitrogen and oxygen atoms in total. The van der Waals surface area contributed by atoms with E-state index >= 15 is 0 Å². The number of amides is 1. The molecule has 0 atom stereocenters. The first-order chi connectivity index (χ1) is 12.6. The summed E-state index contributed by atoms with van der Waals surface area (Å²) in [5.41, 5.74) is 2.23. The molecule has 2 aromatic carbocycles. The number of carbonyl (C=O) groups excluding carboxylic acids is 1. The second-order valence-corrected chi connectivity index (χ2v) is 5.76. The minimum atomic E-state index is -0.421. The zero-order valence-corrected chi connectivity index (χ0v) is 14.5. The van der Waals surface area contributed by atoms with Gasteiger partial charge >= 0.3 is 0 Å². The Labute approximate surface area is 150 Å². The summed E-state index contributed by atoms with van der Waals surface area (Å²) in [6, 6.07) is 11.5. The maximum Gasteiger partial charge on any atom is 0.253 e. The van der Waals surface area contributed by atoms with Crippen LogP contribution in [0.3, 0.4) is 0 Å². The third-order valence-corrected chi connectivity index (χ3v) is 3.91. The summed E-state index contributed by atoms with van der Waals surface area (Å²) < 4.78 is 20.4. The summed E-state index contributed by atoms with van der Waals surface area (Å²) in [5, 5.41) is 11.1. The highest BCUT2D eigenvalue weighted by molar-refractivity contribution is 5.94. The Kier molecular flexibility index (Phi) is 5.21. The van der Waals surface area contributed by atoms with Gasteiger partial charge in [0.25, 0.3) is 5.91 Å². The van der Waals surface area contributed by atoms with Gasteiger partial charge in [-0.2, -0.15) is 0 Å². The molecule has 8 heteroatoms. The van der Waals surface area contributed by atoms with Crippen LogP contribution in [0, 0.1) is 12.7 Å². The molecule has 0 spiro atoms. The van der Waals surface area contributed by atoms with E-state index in [1.165, 1.54) is 22.0 Å². The molecule has 134 valence electrons. The van der Waals surface area contributed by atoms with E-state index in [1.54, 1.807) is 43.4 Å². The number of rotatable bonds is 6. The van der Waals surface area contributed by atoms with Crippen LogP contribution in [0.25, 0.3) is 5.69 Å². The van der Waals surface area contributed by atoms with E-state index in [1.807, 2.05) is 6.92 Å². The van der Waals surface area contributed by atoms with Crippen LogP contribution >= 0.6 is 0 Å². The predicted octanol–water partition coefficient (Wildman–Crippen LogP) is 2.26. The fraction of sp³-hybridized carbons (Fsp3) is 0.222. The number of ether oxygens (including phenoxy) is 1. The first kappa shape index (κ1) is 17.5. The molecule has 0 saturated carbocycles. The molecule has 0 fully saturated rings. The van der Waals surface area contributed by atoms with E-state index in [4.69, 9.17) is 4.74 Å². The number of para-hydroxylation sites is 1. The van der Waals surface area contributed by atoms with Crippen molar-refractivity contribution in [1.29, 1.82) is 0 Å². The lowest BCUT2D eigenvalue weighted by atomic mass is 10.1. The Morgan fingerprint density at radius 3 is 2.77 bits per heavy atom. The van der Waals surface area contributed by atoms with Crippen molar-refractivity contribution in [1.82, 2.24) is 25.1 Å². The summed E-state index contributed by atoms with van der Waals surface area (Å²) in [5.74, 6) is -0.390. The minimum Gasteiger partial charge on any atom is -0.489 e. The largest absolute Gasteiger partial charge is 0.489 e. The standard InChI is InChI=1S/C18H18FN5O2/c1-13-11-14(7-8-16(13)24-12-20-21-22-24)18(25)23(2)9-10-26-17-6-4-3-5-15(17)19/h3-8,11-12H,9-10H2,1-2H3. The van der Waals surface area contributed by atoms with Gasteiger partial charge in [-0.25, -0.2) is 9.07 Å². The molecule has 0 aliphatic rings. The average Bonchev–Trinajstić information content (AvgIpc) is 3.17. The number of benzene rings is 2. The van der Waals surface area contributed by atoms with Crippen molar-refractivity contribution < 1.29 is 13.9 Å². The predicted molar refractivity (Wildman–Crippen MR) is 92.7 cm³/mol. The number of aromatic nitrogens is 4. The molecule has 0 saturated heterocycles. The van der Waals surface area contributed by atoms with Gasteiger partial charge in [-0.1, -0.05) is 12.1 Å².